The Bertz CT molecular complexity index is 643. The number of aliphatic hydroxyl groups is 1. The number of fused-ring (bicyclic) bond motifs is 1. The second kappa shape index (κ2) is 4.82. The van der Waals surface area contributed by atoms with Crippen LogP contribution in [-0.2, 0) is 0 Å². The number of imidazole rings is 1. The predicted octanol–water partition coefficient (Wildman–Crippen LogP) is 4.52. The van der Waals surface area contributed by atoms with E-state index in [-0.39, 0.29) is 6.10 Å². The molecule has 0 saturated heterocycles. The van der Waals surface area contributed by atoms with Gasteiger partial charge in [0.1, 0.15) is 11.2 Å². The van der Waals surface area contributed by atoms with Crippen LogP contribution in [0.1, 0.15) is 75.0 Å². The Labute approximate surface area is 130 Å². The number of thiazole rings is 1. The van der Waals surface area contributed by atoms with Gasteiger partial charge in [-0.15, -0.1) is 11.3 Å². The summed E-state index contributed by atoms with van der Waals surface area (Å²) in [6.45, 7) is 4.70. The van der Waals surface area contributed by atoms with E-state index in [1.165, 1.54) is 35.4 Å². The van der Waals surface area contributed by atoms with Crippen LogP contribution in [0.2, 0.25) is 0 Å². The summed E-state index contributed by atoms with van der Waals surface area (Å²) in [5.41, 5.74) is 1.61. The van der Waals surface area contributed by atoms with Crippen LogP contribution in [0.3, 0.4) is 0 Å². The van der Waals surface area contributed by atoms with Gasteiger partial charge in [-0.1, -0.05) is 13.8 Å². The van der Waals surface area contributed by atoms with E-state index in [0.717, 1.165) is 18.5 Å². The second-order valence-corrected chi connectivity index (χ2v) is 8.74. The Morgan fingerprint density at radius 1 is 1.29 bits per heavy atom. The topological polar surface area (TPSA) is 37.5 Å². The highest BCUT2D eigenvalue weighted by atomic mass is 32.1. The molecular weight excluding hydrogens is 280 g/mol. The lowest BCUT2D eigenvalue weighted by molar-refractivity contribution is 0.0529. The zero-order valence-corrected chi connectivity index (χ0v) is 13.7. The van der Waals surface area contributed by atoms with Gasteiger partial charge in [-0.05, 0) is 55.8 Å². The molecule has 3 nitrogen and oxygen atoms in total. The van der Waals surface area contributed by atoms with Crippen molar-refractivity contribution in [2.45, 2.75) is 64.4 Å². The first-order valence-electron chi connectivity index (χ1n) is 8.18. The molecule has 0 amide bonds. The first-order valence-corrected chi connectivity index (χ1v) is 8.99. The van der Waals surface area contributed by atoms with Gasteiger partial charge < -0.3 is 5.11 Å². The molecule has 0 radical (unpaired) electrons. The fourth-order valence-corrected chi connectivity index (χ4v) is 5.02. The molecule has 2 aliphatic rings. The van der Waals surface area contributed by atoms with Crippen molar-refractivity contribution in [2.75, 3.05) is 0 Å². The van der Waals surface area contributed by atoms with Gasteiger partial charge >= 0.3 is 0 Å². The van der Waals surface area contributed by atoms with Crippen LogP contribution >= 0.6 is 11.3 Å². The van der Waals surface area contributed by atoms with Crippen molar-refractivity contribution in [3.63, 3.8) is 0 Å². The molecule has 114 valence electrons. The van der Waals surface area contributed by atoms with E-state index in [2.05, 4.69) is 23.2 Å². The van der Waals surface area contributed by atoms with Crippen molar-refractivity contribution in [1.29, 1.82) is 0 Å². The van der Waals surface area contributed by atoms with Crippen molar-refractivity contribution in [3.8, 4) is 0 Å². The molecule has 2 fully saturated rings. The van der Waals surface area contributed by atoms with Crippen LogP contribution in [0.5, 0.6) is 0 Å². The van der Waals surface area contributed by atoms with Crippen LogP contribution in [-0.4, -0.2) is 14.5 Å². The molecular formula is C17H24N2OS. The minimum Gasteiger partial charge on any atom is -0.387 e. The van der Waals surface area contributed by atoms with Crippen LogP contribution in [0.4, 0.5) is 0 Å². The van der Waals surface area contributed by atoms with E-state index in [0.29, 0.717) is 17.3 Å². The molecule has 0 aromatic carbocycles. The van der Waals surface area contributed by atoms with E-state index in [4.69, 9.17) is 0 Å². The maximum atomic E-state index is 11.0. The third-order valence-corrected chi connectivity index (χ3v) is 6.66. The summed E-state index contributed by atoms with van der Waals surface area (Å²) in [4.78, 5) is 6.86. The average molecular weight is 304 g/mol. The maximum absolute atomic E-state index is 11.0. The highest BCUT2D eigenvalue weighted by Gasteiger charge is 2.37. The van der Waals surface area contributed by atoms with Crippen LogP contribution in [0.25, 0.3) is 4.83 Å². The summed E-state index contributed by atoms with van der Waals surface area (Å²) in [6.07, 6.45) is 10.8. The summed E-state index contributed by atoms with van der Waals surface area (Å²) in [7, 11) is 0. The summed E-state index contributed by atoms with van der Waals surface area (Å²) in [6, 6.07) is 0. The largest absolute Gasteiger partial charge is 0.387 e. The Balaban J connectivity index is 1.65. The van der Waals surface area contributed by atoms with Crippen molar-refractivity contribution >= 4 is 16.2 Å². The zero-order chi connectivity index (χ0) is 14.6. The molecule has 0 spiro atoms. The number of rotatable bonds is 3. The third-order valence-electron chi connectivity index (χ3n) is 5.39. The lowest BCUT2D eigenvalue weighted by Gasteiger charge is -2.36. The second-order valence-electron chi connectivity index (χ2n) is 7.67. The van der Waals surface area contributed by atoms with Crippen molar-refractivity contribution in [1.82, 2.24) is 9.38 Å². The lowest BCUT2D eigenvalue weighted by atomic mass is 9.71. The Hall–Kier alpha value is -0.870. The van der Waals surface area contributed by atoms with Gasteiger partial charge in [0.15, 0.2) is 0 Å². The zero-order valence-electron chi connectivity index (χ0n) is 12.9. The molecule has 21 heavy (non-hydrogen) atoms. The Kier molecular flexibility index (Phi) is 3.16. The molecule has 1 atom stereocenters. The van der Waals surface area contributed by atoms with Gasteiger partial charge in [0.2, 0.25) is 0 Å². The Morgan fingerprint density at radius 2 is 2.00 bits per heavy atom. The number of hydrogen-bond donors (Lipinski definition) is 1. The van der Waals surface area contributed by atoms with Gasteiger partial charge in [-0.3, -0.25) is 4.40 Å². The van der Waals surface area contributed by atoms with E-state index in [9.17, 15) is 5.11 Å². The SMILES string of the molecule is CC1(C)CCC(C(O)c2c(C3CC3)sc3cncn23)CC1. The minimum atomic E-state index is -0.320. The van der Waals surface area contributed by atoms with E-state index in [1.54, 1.807) is 0 Å². The van der Waals surface area contributed by atoms with Gasteiger partial charge in [0.25, 0.3) is 0 Å². The summed E-state index contributed by atoms with van der Waals surface area (Å²) in [5, 5.41) is 11.0. The van der Waals surface area contributed by atoms with Gasteiger partial charge in [-0.25, -0.2) is 4.98 Å². The van der Waals surface area contributed by atoms with Gasteiger partial charge in [0, 0.05) is 4.88 Å². The van der Waals surface area contributed by atoms with E-state index < -0.39 is 0 Å². The fraction of sp³-hybridized carbons (Fsp3) is 0.706. The molecule has 2 aromatic rings. The van der Waals surface area contributed by atoms with Crippen LogP contribution in [0.15, 0.2) is 12.5 Å². The van der Waals surface area contributed by atoms with Gasteiger partial charge in [0.05, 0.1) is 18.0 Å². The monoisotopic (exact) mass is 304 g/mol. The molecule has 1 unspecified atom stereocenters. The first kappa shape index (κ1) is 13.8. The number of nitrogens with zero attached hydrogens (tertiary/aromatic N) is 2. The molecule has 4 rings (SSSR count). The molecule has 2 heterocycles. The molecule has 2 aliphatic carbocycles. The van der Waals surface area contributed by atoms with Crippen LogP contribution in [0, 0.1) is 11.3 Å². The molecule has 4 heteroatoms. The summed E-state index contributed by atoms with van der Waals surface area (Å²) >= 11 is 1.83. The molecule has 2 saturated carbocycles. The molecule has 1 N–H and O–H groups in total. The number of hydrogen-bond acceptors (Lipinski definition) is 3. The minimum absolute atomic E-state index is 0.320. The lowest BCUT2D eigenvalue weighted by Crippen LogP contribution is -2.26. The molecule has 2 aromatic heterocycles. The average Bonchev–Trinajstić information content (AvgIpc) is 3.07. The van der Waals surface area contributed by atoms with Crippen molar-refractivity contribution in [3.05, 3.63) is 23.1 Å². The quantitative estimate of drug-likeness (QED) is 0.905. The smallest absolute Gasteiger partial charge is 0.120 e. The van der Waals surface area contributed by atoms with Crippen LogP contribution < -0.4 is 0 Å². The molecule has 0 aliphatic heterocycles. The Morgan fingerprint density at radius 3 is 2.67 bits per heavy atom. The highest BCUT2D eigenvalue weighted by molar-refractivity contribution is 7.17. The first-order chi connectivity index (χ1) is 10.1. The summed E-state index contributed by atoms with van der Waals surface area (Å²) < 4.78 is 2.14. The highest BCUT2D eigenvalue weighted by Crippen LogP contribution is 2.50. The van der Waals surface area contributed by atoms with E-state index >= 15 is 0 Å². The number of aromatic nitrogens is 2. The maximum Gasteiger partial charge on any atom is 0.120 e. The molecule has 0 bridgehead atoms. The third kappa shape index (κ3) is 2.42. The van der Waals surface area contributed by atoms with Crippen molar-refractivity contribution in [2.24, 2.45) is 11.3 Å². The normalized spacial score (nSPS) is 24.5. The standard InChI is InChI=1S/C17H24N2OS/c1-17(2)7-5-11(6-8-17)15(20)14-16(12-3-4-12)21-13-9-18-10-19(13)14/h9-12,15,20H,3-8H2,1-2H3. The van der Waals surface area contributed by atoms with E-state index in [1.807, 2.05) is 23.9 Å². The fourth-order valence-electron chi connectivity index (χ4n) is 3.71. The number of aliphatic hydroxyl groups excluding tert-OH is 1. The predicted molar refractivity (Wildman–Crippen MR) is 85.7 cm³/mol. The van der Waals surface area contributed by atoms with Gasteiger partial charge in [-0.2, -0.15) is 0 Å². The summed E-state index contributed by atoms with van der Waals surface area (Å²) in [5.74, 6) is 1.11. The van der Waals surface area contributed by atoms with Crippen molar-refractivity contribution < 1.29 is 5.11 Å².